The molecule has 1 fully saturated rings. The summed E-state index contributed by atoms with van der Waals surface area (Å²) in [7, 11) is 0. The Morgan fingerprint density at radius 3 is 2.25 bits per heavy atom. The van der Waals surface area contributed by atoms with Gasteiger partial charge in [0.25, 0.3) is 5.91 Å². The van der Waals surface area contributed by atoms with Crippen LogP contribution >= 0.6 is 15.9 Å². The maximum atomic E-state index is 12.5. The van der Waals surface area contributed by atoms with E-state index in [2.05, 4.69) is 20.8 Å². The second kappa shape index (κ2) is 6.68. The minimum atomic E-state index is -0.320. The molecular weight excluding hydrogens is 323 g/mol. The second-order valence-electron chi connectivity index (χ2n) is 5.25. The molecule has 0 N–H and O–H groups in total. The Morgan fingerprint density at radius 1 is 1.20 bits per heavy atom. The van der Waals surface area contributed by atoms with E-state index in [0.717, 1.165) is 34.3 Å². The molecule has 1 aliphatic heterocycles. The van der Waals surface area contributed by atoms with E-state index in [0.29, 0.717) is 19.6 Å². The number of piperazine rings is 1. The summed E-state index contributed by atoms with van der Waals surface area (Å²) < 4.78 is 13.4. The van der Waals surface area contributed by atoms with Crippen LogP contribution in [-0.2, 0) is 0 Å². The summed E-state index contributed by atoms with van der Waals surface area (Å²) >= 11 is 3.52. The third-order valence-corrected chi connectivity index (χ3v) is 4.99. The molecule has 0 bridgehead atoms. The van der Waals surface area contributed by atoms with Crippen molar-refractivity contribution in [2.24, 2.45) is 0 Å². The van der Waals surface area contributed by atoms with Crippen molar-refractivity contribution in [1.29, 1.82) is 0 Å². The predicted molar refractivity (Wildman–Crippen MR) is 81.9 cm³/mol. The van der Waals surface area contributed by atoms with Crippen molar-refractivity contribution < 1.29 is 9.18 Å². The molecule has 3 nitrogen and oxygen atoms in total. The zero-order chi connectivity index (χ0) is 14.7. The second-order valence-corrected chi connectivity index (χ2v) is 6.04. The van der Waals surface area contributed by atoms with Crippen molar-refractivity contribution in [2.75, 3.05) is 39.4 Å². The molecule has 0 aromatic heterocycles. The third-order valence-electron chi connectivity index (χ3n) is 3.74. The average Bonchev–Trinajstić information content (AvgIpc) is 2.44. The molecule has 1 saturated heterocycles. The molecular formula is C15H20BrFN2O. The Balaban J connectivity index is 2.06. The van der Waals surface area contributed by atoms with Crippen LogP contribution in [0.15, 0.2) is 16.6 Å². The standard InChI is InChI=1S/C15H20BrFN2O/c1-11-9-13(10-12(2)14(11)16)15(20)19-7-5-18(4-3-17)6-8-19/h9-10H,3-8H2,1-2H3. The number of amides is 1. The number of alkyl halides is 1. The molecule has 1 aromatic rings. The van der Waals surface area contributed by atoms with Gasteiger partial charge in [-0.2, -0.15) is 0 Å². The van der Waals surface area contributed by atoms with Crippen LogP contribution in [0.25, 0.3) is 0 Å². The van der Waals surface area contributed by atoms with Crippen LogP contribution in [0.1, 0.15) is 21.5 Å². The van der Waals surface area contributed by atoms with Gasteiger partial charge in [-0.3, -0.25) is 9.69 Å². The maximum absolute atomic E-state index is 12.5. The largest absolute Gasteiger partial charge is 0.336 e. The Morgan fingerprint density at radius 2 is 1.75 bits per heavy atom. The van der Waals surface area contributed by atoms with E-state index in [1.807, 2.05) is 30.9 Å². The Kier molecular flexibility index (Phi) is 5.16. The highest BCUT2D eigenvalue weighted by molar-refractivity contribution is 9.10. The highest BCUT2D eigenvalue weighted by Crippen LogP contribution is 2.23. The number of hydrogen-bond acceptors (Lipinski definition) is 2. The average molecular weight is 343 g/mol. The van der Waals surface area contributed by atoms with Gasteiger partial charge in [-0.05, 0) is 37.1 Å². The van der Waals surface area contributed by atoms with Gasteiger partial charge in [-0.25, -0.2) is 4.39 Å². The Hall–Kier alpha value is -0.940. The van der Waals surface area contributed by atoms with Gasteiger partial charge < -0.3 is 4.90 Å². The van der Waals surface area contributed by atoms with Crippen LogP contribution in [-0.4, -0.2) is 55.1 Å². The fourth-order valence-electron chi connectivity index (χ4n) is 2.55. The highest BCUT2D eigenvalue weighted by Gasteiger charge is 2.22. The first-order chi connectivity index (χ1) is 9.52. The van der Waals surface area contributed by atoms with Gasteiger partial charge in [0, 0.05) is 42.8 Å². The maximum Gasteiger partial charge on any atom is 0.253 e. The molecule has 110 valence electrons. The summed E-state index contributed by atoms with van der Waals surface area (Å²) in [5.41, 5.74) is 2.89. The van der Waals surface area contributed by atoms with Crippen LogP contribution in [0.2, 0.25) is 0 Å². The van der Waals surface area contributed by atoms with Gasteiger partial charge in [0.1, 0.15) is 6.67 Å². The van der Waals surface area contributed by atoms with Crippen molar-refractivity contribution in [3.63, 3.8) is 0 Å². The van der Waals surface area contributed by atoms with Crippen LogP contribution < -0.4 is 0 Å². The van der Waals surface area contributed by atoms with E-state index in [-0.39, 0.29) is 12.6 Å². The fourth-order valence-corrected chi connectivity index (χ4v) is 2.77. The van der Waals surface area contributed by atoms with Gasteiger partial charge in [0.15, 0.2) is 0 Å². The van der Waals surface area contributed by atoms with Gasteiger partial charge >= 0.3 is 0 Å². The van der Waals surface area contributed by atoms with E-state index in [4.69, 9.17) is 0 Å². The molecule has 0 spiro atoms. The third kappa shape index (κ3) is 3.38. The lowest BCUT2D eigenvalue weighted by Crippen LogP contribution is -2.49. The molecule has 1 heterocycles. The molecule has 20 heavy (non-hydrogen) atoms. The van der Waals surface area contributed by atoms with Crippen molar-refractivity contribution >= 4 is 21.8 Å². The lowest BCUT2D eigenvalue weighted by molar-refractivity contribution is 0.0630. The lowest BCUT2D eigenvalue weighted by Gasteiger charge is -2.34. The summed E-state index contributed by atoms with van der Waals surface area (Å²) in [5, 5.41) is 0. The first kappa shape index (κ1) is 15.4. The molecule has 0 radical (unpaired) electrons. The van der Waals surface area contributed by atoms with Crippen LogP contribution in [0.3, 0.4) is 0 Å². The minimum Gasteiger partial charge on any atom is -0.336 e. The van der Waals surface area contributed by atoms with Crippen molar-refractivity contribution in [2.45, 2.75) is 13.8 Å². The van der Waals surface area contributed by atoms with Crippen LogP contribution in [0.4, 0.5) is 4.39 Å². The number of aryl methyl sites for hydroxylation is 2. The van der Waals surface area contributed by atoms with E-state index in [1.54, 1.807) is 0 Å². The van der Waals surface area contributed by atoms with Crippen molar-refractivity contribution in [3.05, 3.63) is 33.3 Å². The molecule has 1 amide bonds. The SMILES string of the molecule is Cc1cc(C(=O)N2CCN(CCF)CC2)cc(C)c1Br. The first-order valence-electron chi connectivity index (χ1n) is 6.87. The summed E-state index contributed by atoms with van der Waals surface area (Å²) in [6.45, 7) is 6.99. The summed E-state index contributed by atoms with van der Waals surface area (Å²) in [5.74, 6) is 0.0728. The molecule has 1 aliphatic rings. The van der Waals surface area contributed by atoms with Gasteiger partial charge in [-0.1, -0.05) is 15.9 Å². The monoisotopic (exact) mass is 342 g/mol. The van der Waals surface area contributed by atoms with Crippen molar-refractivity contribution in [1.82, 2.24) is 9.80 Å². The van der Waals surface area contributed by atoms with Gasteiger partial charge in [0.2, 0.25) is 0 Å². The number of nitrogens with zero attached hydrogens (tertiary/aromatic N) is 2. The summed E-state index contributed by atoms with van der Waals surface area (Å²) in [6, 6.07) is 3.85. The predicted octanol–water partition coefficient (Wildman–Crippen LogP) is 2.79. The molecule has 0 aliphatic carbocycles. The summed E-state index contributed by atoms with van der Waals surface area (Å²) in [6.07, 6.45) is 0. The molecule has 2 rings (SSSR count). The smallest absolute Gasteiger partial charge is 0.253 e. The van der Waals surface area contributed by atoms with Crippen molar-refractivity contribution in [3.8, 4) is 0 Å². The normalized spacial score (nSPS) is 16.5. The molecule has 5 heteroatoms. The lowest BCUT2D eigenvalue weighted by atomic mass is 10.1. The van der Waals surface area contributed by atoms with Crippen LogP contribution in [0, 0.1) is 13.8 Å². The molecule has 0 saturated carbocycles. The van der Waals surface area contributed by atoms with Gasteiger partial charge in [0.05, 0.1) is 0 Å². The number of rotatable bonds is 3. The van der Waals surface area contributed by atoms with E-state index >= 15 is 0 Å². The Labute approximate surface area is 127 Å². The molecule has 1 aromatic carbocycles. The first-order valence-corrected chi connectivity index (χ1v) is 7.66. The zero-order valence-electron chi connectivity index (χ0n) is 12.0. The summed E-state index contributed by atoms with van der Waals surface area (Å²) in [4.78, 5) is 16.4. The topological polar surface area (TPSA) is 23.6 Å². The zero-order valence-corrected chi connectivity index (χ0v) is 13.5. The number of carbonyl (C=O) groups is 1. The minimum absolute atomic E-state index is 0.0728. The van der Waals surface area contributed by atoms with E-state index in [1.165, 1.54) is 0 Å². The number of hydrogen-bond donors (Lipinski definition) is 0. The number of benzene rings is 1. The van der Waals surface area contributed by atoms with E-state index < -0.39 is 0 Å². The fraction of sp³-hybridized carbons (Fsp3) is 0.533. The number of halogens is 2. The molecule has 0 unspecified atom stereocenters. The highest BCUT2D eigenvalue weighted by atomic mass is 79.9. The number of carbonyl (C=O) groups excluding carboxylic acids is 1. The Bertz CT molecular complexity index is 476. The molecule has 0 atom stereocenters. The van der Waals surface area contributed by atoms with E-state index in [9.17, 15) is 9.18 Å². The van der Waals surface area contributed by atoms with Gasteiger partial charge in [-0.15, -0.1) is 0 Å². The van der Waals surface area contributed by atoms with Crippen LogP contribution in [0.5, 0.6) is 0 Å². The quantitative estimate of drug-likeness (QED) is 0.843.